The van der Waals surface area contributed by atoms with Gasteiger partial charge in [0.25, 0.3) is 0 Å². The average Bonchev–Trinajstić information content (AvgIpc) is 2.17. The van der Waals surface area contributed by atoms with Crippen molar-refractivity contribution in [3.63, 3.8) is 0 Å². The molecule has 0 aliphatic heterocycles. The molecule has 1 nitrogen and oxygen atoms in total. The van der Waals surface area contributed by atoms with Crippen LogP contribution < -0.4 is 5.73 Å². The molecular formula is C10H14FNS. The molecule has 0 spiro atoms. The van der Waals surface area contributed by atoms with Crippen LogP contribution >= 0.6 is 11.8 Å². The summed E-state index contributed by atoms with van der Waals surface area (Å²) in [5.74, 6) is 0.529. The lowest BCUT2D eigenvalue weighted by Crippen LogP contribution is -2.03. The predicted molar refractivity (Wildman–Crippen MR) is 55.9 cm³/mol. The molecule has 1 aromatic rings. The highest BCUT2D eigenvalue weighted by Crippen LogP contribution is 2.22. The van der Waals surface area contributed by atoms with Crippen LogP contribution in [0.5, 0.6) is 0 Å². The summed E-state index contributed by atoms with van der Waals surface area (Å²) in [7, 11) is 0. The third kappa shape index (κ3) is 3.36. The Hall–Kier alpha value is -0.540. The Morgan fingerprint density at radius 2 is 2.08 bits per heavy atom. The molecule has 0 saturated heterocycles. The van der Waals surface area contributed by atoms with E-state index >= 15 is 0 Å². The van der Waals surface area contributed by atoms with Crippen LogP contribution in [-0.2, 0) is 6.42 Å². The van der Waals surface area contributed by atoms with Gasteiger partial charge in [-0.2, -0.15) is 0 Å². The third-order valence-corrected chi connectivity index (χ3v) is 2.79. The topological polar surface area (TPSA) is 26.0 Å². The van der Waals surface area contributed by atoms with Crippen molar-refractivity contribution in [2.45, 2.75) is 11.3 Å². The first-order valence-corrected chi connectivity index (χ1v) is 5.33. The van der Waals surface area contributed by atoms with E-state index in [4.69, 9.17) is 5.73 Å². The Kier molecular flexibility index (Phi) is 4.86. The van der Waals surface area contributed by atoms with Gasteiger partial charge in [0.1, 0.15) is 0 Å². The average molecular weight is 199 g/mol. The molecule has 1 aromatic carbocycles. The van der Waals surface area contributed by atoms with Crippen molar-refractivity contribution < 1.29 is 4.39 Å². The van der Waals surface area contributed by atoms with Crippen LogP contribution in [-0.4, -0.2) is 19.0 Å². The summed E-state index contributed by atoms with van der Waals surface area (Å²) < 4.78 is 12.0. The Morgan fingerprint density at radius 1 is 1.31 bits per heavy atom. The molecule has 0 unspecified atom stereocenters. The monoisotopic (exact) mass is 199 g/mol. The number of hydrogen-bond acceptors (Lipinski definition) is 2. The molecule has 1 rings (SSSR count). The molecule has 0 fully saturated rings. The maximum absolute atomic E-state index is 12.0. The van der Waals surface area contributed by atoms with Crippen LogP contribution in [0.25, 0.3) is 0 Å². The molecule has 2 N–H and O–H groups in total. The quantitative estimate of drug-likeness (QED) is 0.736. The molecular weight excluding hydrogens is 185 g/mol. The standard InChI is InChI=1S/C10H14FNS/c11-6-8-13-10-4-2-1-3-9(10)5-7-12/h1-4H,5-8,12H2. The van der Waals surface area contributed by atoms with Gasteiger partial charge in [0, 0.05) is 10.6 Å². The van der Waals surface area contributed by atoms with Crippen LogP contribution in [0.4, 0.5) is 4.39 Å². The normalized spacial score (nSPS) is 10.3. The maximum atomic E-state index is 12.0. The van der Waals surface area contributed by atoms with E-state index in [0.29, 0.717) is 12.3 Å². The summed E-state index contributed by atoms with van der Waals surface area (Å²) in [5, 5.41) is 0. The van der Waals surface area contributed by atoms with Gasteiger partial charge in [-0.15, -0.1) is 11.8 Å². The van der Waals surface area contributed by atoms with E-state index in [9.17, 15) is 4.39 Å². The zero-order chi connectivity index (χ0) is 9.52. The molecule has 0 saturated carbocycles. The second-order valence-electron chi connectivity index (χ2n) is 2.68. The lowest BCUT2D eigenvalue weighted by Gasteiger charge is -2.06. The van der Waals surface area contributed by atoms with Gasteiger partial charge in [-0.05, 0) is 24.6 Å². The second kappa shape index (κ2) is 6.00. The molecule has 0 heterocycles. The van der Waals surface area contributed by atoms with Crippen molar-refractivity contribution in [3.8, 4) is 0 Å². The molecule has 13 heavy (non-hydrogen) atoms. The fraction of sp³-hybridized carbons (Fsp3) is 0.400. The van der Waals surface area contributed by atoms with E-state index in [-0.39, 0.29) is 6.67 Å². The van der Waals surface area contributed by atoms with Gasteiger partial charge in [0.2, 0.25) is 0 Å². The van der Waals surface area contributed by atoms with Crippen molar-refractivity contribution in [3.05, 3.63) is 29.8 Å². The predicted octanol–water partition coefficient (Wildman–Crippen LogP) is 2.25. The van der Waals surface area contributed by atoms with Gasteiger partial charge >= 0.3 is 0 Å². The Morgan fingerprint density at radius 3 is 2.77 bits per heavy atom. The van der Waals surface area contributed by atoms with E-state index in [1.54, 1.807) is 11.8 Å². The van der Waals surface area contributed by atoms with Crippen molar-refractivity contribution in [1.29, 1.82) is 0 Å². The lowest BCUT2D eigenvalue weighted by atomic mass is 10.1. The molecule has 0 aromatic heterocycles. The summed E-state index contributed by atoms with van der Waals surface area (Å²) in [4.78, 5) is 1.16. The number of benzene rings is 1. The Balaban J connectivity index is 2.66. The fourth-order valence-electron chi connectivity index (χ4n) is 1.16. The van der Waals surface area contributed by atoms with Gasteiger partial charge in [-0.3, -0.25) is 4.39 Å². The zero-order valence-corrected chi connectivity index (χ0v) is 8.32. The van der Waals surface area contributed by atoms with E-state index in [2.05, 4.69) is 0 Å². The smallest absolute Gasteiger partial charge is 0.0988 e. The minimum Gasteiger partial charge on any atom is -0.330 e. The maximum Gasteiger partial charge on any atom is 0.0988 e. The molecule has 0 radical (unpaired) electrons. The molecule has 0 aliphatic carbocycles. The van der Waals surface area contributed by atoms with Gasteiger partial charge in [0.15, 0.2) is 0 Å². The first kappa shape index (κ1) is 10.5. The molecule has 3 heteroatoms. The Labute approximate surface area is 82.5 Å². The minimum atomic E-state index is -0.276. The highest BCUT2D eigenvalue weighted by Gasteiger charge is 2.00. The number of hydrogen-bond donors (Lipinski definition) is 1. The number of thioether (sulfide) groups is 1. The molecule has 0 bridgehead atoms. The number of alkyl halides is 1. The van der Waals surface area contributed by atoms with Gasteiger partial charge in [-0.25, -0.2) is 0 Å². The number of rotatable bonds is 5. The van der Waals surface area contributed by atoms with Crippen LogP contribution in [0, 0.1) is 0 Å². The largest absolute Gasteiger partial charge is 0.330 e. The summed E-state index contributed by atoms with van der Waals surface area (Å²) in [6.45, 7) is 0.370. The van der Waals surface area contributed by atoms with Crippen LogP contribution in [0.3, 0.4) is 0 Å². The van der Waals surface area contributed by atoms with E-state index < -0.39 is 0 Å². The fourth-order valence-corrected chi connectivity index (χ4v) is 1.98. The van der Waals surface area contributed by atoms with Crippen molar-refractivity contribution in [1.82, 2.24) is 0 Å². The number of nitrogens with two attached hydrogens (primary N) is 1. The minimum absolute atomic E-state index is 0.276. The summed E-state index contributed by atoms with van der Waals surface area (Å²) in [6.07, 6.45) is 0.870. The van der Waals surface area contributed by atoms with Crippen LogP contribution in [0.15, 0.2) is 29.2 Å². The highest BCUT2D eigenvalue weighted by atomic mass is 32.2. The van der Waals surface area contributed by atoms with Crippen LogP contribution in [0.2, 0.25) is 0 Å². The van der Waals surface area contributed by atoms with Crippen molar-refractivity contribution in [2.24, 2.45) is 5.73 Å². The number of halogens is 1. The molecule has 0 aliphatic rings. The molecule has 0 amide bonds. The molecule has 72 valence electrons. The van der Waals surface area contributed by atoms with Crippen molar-refractivity contribution >= 4 is 11.8 Å². The van der Waals surface area contributed by atoms with E-state index in [1.807, 2.05) is 24.3 Å². The summed E-state index contributed by atoms with van der Waals surface area (Å²) in [6, 6.07) is 8.03. The summed E-state index contributed by atoms with van der Waals surface area (Å²) in [5.41, 5.74) is 6.70. The highest BCUT2D eigenvalue weighted by molar-refractivity contribution is 7.99. The Bertz CT molecular complexity index is 252. The third-order valence-electron chi connectivity index (χ3n) is 1.72. The summed E-state index contributed by atoms with van der Waals surface area (Å²) >= 11 is 1.56. The van der Waals surface area contributed by atoms with Gasteiger partial charge in [-0.1, -0.05) is 18.2 Å². The van der Waals surface area contributed by atoms with E-state index in [1.165, 1.54) is 5.56 Å². The van der Waals surface area contributed by atoms with Gasteiger partial charge < -0.3 is 5.73 Å². The van der Waals surface area contributed by atoms with Crippen LogP contribution in [0.1, 0.15) is 5.56 Å². The first-order valence-electron chi connectivity index (χ1n) is 4.35. The van der Waals surface area contributed by atoms with Gasteiger partial charge in [0.05, 0.1) is 6.67 Å². The zero-order valence-electron chi connectivity index (χ0n) is 7.50. The lowest BCUT2D eigenvalue weighted by molar-refractivity contribution is 0.533. The first-order chi connectivity index (χ1) is 6.38. The second-order valence-corrected chi connectivity index (χ2v) is 3.82. The SMILES string of the molecule is NCCc1ccccc1SCCF. The van der Waals surface area contributed by atoms with Crippen molar-refractivity contribution in [2.75, 3.05) is 19.0 Å². The van der Waals surface area contributed by atoms with E-state index in [0.717, 1.165) is 11.3 Å². The molecule has 0 atom stereocenters.